The van der Waals surface area contributed by atoms with E-state index in [0.29, 0.717) is 5.76 Å². The van der Waals surface area contributed by atoms with E-state index in [9.17, 15) is 4.39 Å². The second-order valence-corrected chi connectivity index (χ2v) is 5.14. The highest BCUT2D eigenvalue weighted by molar-refractivity contribution is 5.78. The lowest BCUT2D eigenvalue weighted by atomic mass is 10.0. The van der Waals surface area contributed by atoms with E-state index in [1.54, 1.807) is 6.07 Å². The zero-order valence-corrected chi connectivity index (χ0v) is 10.8. The predicted molar refractivity (Wildman–Crippen MR) is 71.3 cm³/mol. The molecule has 0 spiro atoms. The predicted octanol–water partition coefficient (Wildman–Crippen LogP) is 3.53. The molecule has 1 aliphatic rings. The third-order valence-electron chi connectivity index (χ3n) is 3.67. The lowest BCUT2D eigenvalue weighted by molar-refractivity contribution is 0.00627. The molecule has 0 amide bonds. The second-order valence-electron chi connectivity index (χ2n) is 5.14. The maximum absolute atomic E-state index is 13.6. The highest BCUT2D eigenvalue weighted by atomic mass is 19.1. The number of ether oxygens (including phenoxy) is 1. The van der Waals surface area contributed by atoms with Gasteiger partial charge in [0.15, 0.2) is 11.4 Å². The van der Waals surface area contributed by atoms with Gasteiger partial charge in [0.1, 0.15) is 5.76 Å². The van der Waals surface area contributed by atoms with Crippen LogP contribution in [0, 0.1) is 5.82 Å². The molecular weight excluding hydrogens is 245 g/mol. The molecule has 3 nitrogen and oxygen atoms in total. The second kappa shape index (κ2) is 5.31. The van der Waals surface area contributed by atoms with Crippen LogP contribution >= 0.6 is 0 Å². The van der Waals surface area contributed by atoms with Crippen molar-refractivity contribution in [2.45, 2.75) is 37.8 Å². The molecule has 0 aliphatic carbocycles. The van der Waals surface area contributed by atoms with Crippen LogP contribution < -0.4 is 5.73 Å². The van der Waals surface area contributed by atoms with Gasteiger partial charge in [-0.15, -0.1) is 0 Å². The van der Waals surface area contributed by atoms with Gasteiger partial charge in [-0.3, -0.25) is 0 Å². The minimum absolute atomic E-state index is 0.196. The van der Waals surface area contributed by atoms with Crippen LogP contribution in [0.2, 0.25) is 0 Å². The minimum atomic E-state index is -0.343. The summed E-state index contributed by atoms with van der Waals surface area (Å²) in [6.07, 6.45) is 4.28. The number of nitrogens with two attached hydrogens (primary N) is 1. The average molecular weight is 263 g/mol. The Hall–Kier alpha value is -1.39. The van der Waals surface area contributed by atoms with Gasteiger partial charge in [-0.05, 0) is 37.8 Å². The summed E-state index contributed by atoms with van der Waals surface area (Å²) in [7, 11) is 0. The summed E-state index contributed by atoms with van der Waals surface area (Å²) in [4.78, 5) is 0. The highest BCUT2D eigenvalue weighted by Gasteiger charge is 2.21. The van der Waals surface area contributed by atoms with Crippen LogP contribution in [0.1, 0.15) is 37.5 Å². The number of hydrogen-bond donors (Lipinski definition) is 1. The van der Waals surface area contributed by atoms with Gasteiger partial charge >= 0.3 is 0 Å². The lowest BCUT2D eigenvalue weighted by Crippen LogP contribution is -2.24. The van der Waals surface area contributed by atoms with Crippen LogP contribution in [-0.4, -0.2) is 12.7 Å². The number of rotatable bonds is 3. The lowest BCUT2D eigenvalue weighted by Gasteiger charge is -2.24. The molecule has 1 fully saturated rings. The van der Waals surface area contributed by atoms with Gasteiger partial charge in [0.05, 0.1) is 12.1 Å². The Labute approximate surface area is 111 Å². The number of hydrogen-bond acceptors (Lipinski definition) is 3. The van der Waals surface area contributed by atoms with E-state index in [1.165, 1.54) is 12.5 Å². The zero-order chi connectivity index (χ0) is 13.2. The summed E-state index contributed by atoms with van der Waals surface area (Å²) in [6, 6.07) is 6.48. The fourth-order valence-electron chi connectivity index (χ4n) is 2.62. The molecule has 2 N–H and O–H groups in total. The molecule has 2 atom stereocenters. The van der Waals surface area contributed by atoms with Crippen molar-refractivity contribution in [3.63, 3.8) is 0 Å². The monoisotopic (exact) mass is 263 g/mol. The maximum Gasteiger partial charge on any atom is 0.169 e. The Bertz CT molecular complexity index is 560. The summed E-state index contributed by atoms with van der Waals surface area (Å²) >= 11 is 0. The molecule has 19 heavy (non-hydrogen) atoms. The van der Waals surface area contributed by atoms with Gasteiger partial charge in [0, 0.05) is 12.0 Å². The first-order chi connectivity index (χ1) is 9.24. The van der Waals surface area contributed by atoms with Gasteiger partial charge in [-0.2, -0.15) is 0 Å². The standard InChI is InChI=1S/C15H18FNO2/c16-12-6-3-4-10-8-14(19-15(10)12)13(17)9-11-5-1-2-7-18-11/h3-4,6,8,11,13H,1-2,5,7,9,17H2. The smallest absolute Gasteiger partial charge is 0.169 e. The Morgan fingerprint density at radius 1 is 1.37 bits per heavy atom. The average Bonchev–Trinajstić information content (AvgIpc) is 2.85. The van der Waals surface area contributed by atoms with E-state index < -0.39 is 0 Å². The van der Waals surface area contributed by atoms with Crippen LogP contribution in [0.25, 0.3) is 11.0 Å². The van der Waals surface area contributed by atoms with E-state index in [0.717, 1.165) is 31.3 Å². The van der Waals surface area contributed by atoms with Crippen LogP contribution in [0.15, 0.2) is 28.7 Å². The molecule has 0 bridgehead atoms. The number of fused-ring (bicyclic) bond motifs is 1. The molecule has 1 aromatic heterocycles. The van der Waals surface area contributed by atoms with Crippen LogP contribution in [0.3, 0.4) is 0 Å². The Morgan fingerprint density at radius 3 is 3.00 bits per heavy atom. The molecule has 1 saturated heterocycles. The molecule has 2 aromatic rings. The Morgan fingerprint density at radius 2 is 2.26 bits per heavy atom. The fraction of sp³-hybridized carbons (Fsp3) is 0.467. The van der Waals surface area contributed by atoms with Crippen molar-refractivity contribution in [2.24, 2.45) is 5.73 Å². The van der Waals surface area contributed by atoms with Gasteiger partial charge in [0.25, 0.3) is 0 Å². The van der Waals surface area contributed by atoms with E-state index >= 15 is 0 Å². The summed E-state index contributed by atoms with van der Waals surface area (Å²) in [5, 5.41) is 0.759. The van der Waals surface area contributed by atoms with Crippen molar-refractivity contribution in [2.75, 3.05) is 6.61 Å². The van der Waals surface area contributed by atoms with Crippen molar-refractivity contribution in [3.05, 3.63) is 35.8 Å². The quantitative estimate of drug-likeness (QED) is 0.921. The third kappa shape index (κ3) is 2.65. The topological polar surface area (TPSA) is 48.4 Å². The SMILES string of the molecule is NC(CC1CCCCO1)c1cc2cccc(F)c2o1. The van der Waals surface area contributed by atoms with Gasteiger partial charge in [-0.1, -0.05) is 12.1 Å². The Kier molecular flexibility index (Phi) is 3.53. The highest BCUT2D eigenvalue weighted by Crippen LogP contribution is 2.29. The normalized spacial score (nSPS) is 21.7. The first-order valence-corrected chi connectivity index (χ1v) is 6.79. The molecule has 1 aromatic carbocycles. The Balaban J connectivity index is 1.77. The molecular formula is C15H18FNO2. The number of para-hydroxylation sites is 1. The largest absolute Gasteiger partial charge is 0.456 e. The molecule has 102 valence electrons. The molecule has 4 heteroatoms. The van der Waals surface area contributed by atoms with Crippen molar-refractivity contribution in [3.8, 4) is 0 Å². The van der Waals surface area contributed by atoms with E-state index in [4.69, 9.17) is 14.9 Å². The summed E-state index contributed by atoms with van der Waals surface area (Å²) in [5.41, 5.74) is 6.43. The molecule has 2 heterocycles. The first kappa shape index (κ1) is 12.6. The minimum Gasteiger partial charge on any atom is -0.456 e. The van der Waals surface area contributed by atoms with Crippen molar-refractivity contribution < 1.29 is 13.5 Å². The van der Waals surface area contributed by atoms with Gasteiger partial charge in [0.2, 0.25) is 0 Å². The summed E-state index contributed by atoms with van der Waals surface area (Å²) in [6.45, 7) is 0.812. The van der Waals surface area contributed by atoms with Crippen molar-refractivity contribution in [1.29, 1.82) is 0 Å². The number of benzene rings is 1. The van der Waals surface area contributed by atoms with Gasteiger partial charge < -0.3 is 14.9 Å². The van der Waals surface area contributed by atoms with E-state index in [1.807, 2.05) is 12.1 Å². The van der Waals surface area contributed by atoms with Gasteiger partial charge in [-0.25, -0.2) is 4.39 Å². The number of furan rings is 1. The zero-order valence-electron chi connectivity index (χ0n) is 10.8. The van der Waals surface area contributed by atoms with Crippen LogP contribution in [0.5, 0.6) is 0 Å². The molecule has 0 radical (unpaired) electrons. The van der Waals surface area contributed by atoms with Crippen molar-refractivity contribution >= 4 is 11.0 Å². The third-order valence-corrected chi connectivity index (χ3v) is 3.67. The molecule has 2 unspecified atom stereocenters. The number of halogens is 1. The summed E-state index contributed by atoms with van der Waals surface area (Å²) < 4.78 is 24.8. The van der Waals surface area contributed by atoms with Crippen molar-refractivity contribution in [1.82, 2.24) is 0 Å². The molecule has 1 aliphatic heterocycles. The molecule has 3 rings (SSSR count). The fourth-order valence-corrected chi connectivity index (χ4v) is 2.62. The first-order valence-electron chi connectivity index (χ1n) is 6.79. The summed E-state index contributed by atoms with van der Waals surface area (Å²) in [5.74, 6) is 0.291. The van der Waals surface area contributed by atoms with Crippen LogP contribution in [0.4, 0.5) is 4.39 Å². The maximum atomic E-state index is 13.6. The van der Waals surface area contributed by atoms with E-state index in [2.05, 4.69) is 0 Å². The van der Waals surface area contributed by atoms with Crippen LogP contribution in [-0.2, 0) is 4.74 Å². The molecule has 0 saturated carbocycles. The van der Waals surface area contributed by atoms with E-state index in [-0.39, 0.29) is 23.5 Å².